The number of alkyl halides is 1. The fourth-order valence-corrected chi connectivity index (χ4v) is 1.73. The number of nitrogens with zero attached hydrogens (tertiary/aromatic N) is 2. The largest absolute Gasteiger partial charge is 0.272 e. The van der Waals surface area contributed by atoms with Crippen LogP contribution in [-0.4, -0.2) is 15.1 Å². The maximum Gasteiger partial charge on any atom is 0.128 e. The number of halogens is 2. The molecule has 0 aliphatic carbocycles. The zero-order valence-electron chi connectivity index (χ0n) is 6.35. The standard InChI is InChI=1S/C7H10Br2N2/c1-11-6(3-2-4-8)5-7(9)10-11/h5H,2-4H2,1H3. The molecule has 2 nitrogen and oxygen atoms in total. The minimum Gasteiger partial charge on any atom is -0.272 e. The Morgan fingerprint density at radius 2 is 2.36 bits per heavy atom. The lowest BCUT2D eigenvalue weighted by Gasteiger charge is -1.97. The lowest BCUT2D eigenvalue weighted by molar-refractivity contribution is 0.696. The van der Waals surface area contributed by atoms with Gasteiger partial charge in [0.05, 0.1) is 0 Å². The van der Waals surface area contributed by atoms with E-state index >= 15 is 0 Å². The van der Waals surface area contributed by atoms with Gasteiger partial charge in [-0.2, -0.15) is 5.10 Å². The van der Waals surface area contributed by atoms with Crippen molar-refractivity contribution >= 4 is 31.9 Å². The van der Waals surface area contributed by atoms with E-state index in [1.165, 1.54) is 5.69 Å². The molecule has 0 bridgehead atoms. The van der Waals surface area contributed by atoms with Gasteiger partial charge in [-0.15, -0.1) is 0 Å². The van der Waals surface area contributed by atoms with Gasteiger partial charge >= 0.3 is 0 Å². The maximum atomic E-state index is 4.18. The second kappa shape index (κ2) is 4.26. The summed E-state index contributed by atoms with van der Waals surface area (Å²) in [4.78, 5) is 0. The molecule has 0 aromatic carbocycles. The molecule has 0 atom stereocenters. The first-order chi connectivity index (χ1) is 5.24. The van der Waals surface area contributed by atoms with Gasteiger partial charge in [-0.25, -0.2) is 0 Å². The van der Waals surface area contributed by atoms with E-state index in [0.717, 1.165) is 22.8 Å². The second-order valence-electron chi connectivity index (χ2n) is 2.37. The summed E-state index contributed by atoms with van der Waals surface area (Å²) >= 11 is 6.73. The normalized spacial score (nSPS) is 10.5. The third-order valence-corrected chi connectivity index (χ3v) is 2.46. The van der Waals surface area contributed by atoms with Gasteiger partial charge in [-0.1, -0.05) is 15.9 Å². The average Bonchev–Trinajstić information content (AvgIpc) is 2.26. The van der Waals surface area contributed by atoms with Crippen LogP contribution in [0, 0.1) is 0 Å². The van der Waals surface area contributed by atoms with Crippen molar-refractivity contribution in [3.8, 4) is 0 Å². The molecule has 0 radical (unpaired) electrons. The fraction of sp³-hybridized carbons (Fsp3) is 0.571. The highest BCUT2D eigenvalue weighted by molar-refractivity contribution is 9.10. The Hall–Kier alpha value is 0.170. The lowest BCUT2D eigenvalue weighted by Crippen LogP contribution is -1.97. The van der Waals surface area contributed by atoms with Crippen LogP contribution in [0.15, 0.2) is 10.7 Å². The highest BCUT2D eigenvalue weighted by Crippen LogP contribution is 2.11. The molecule has 1 rings (SSSR count). The SMILES string of the molecule is Cn1nc(Br)cc1CCCBr. The van der Waals surface area contributed by atoms with Crippen LogP contribution in [0.2, 0.25) is 0 Å². The summed E-state index contributed by atoms with van der Waals surface area (Å²) < 4.78 is 2.83. The number of aromatic nitrogens is 2. The molecule has 0 N–H and O–H groups in total. The van der Waals surface area contributed by atoms with Crippen molar-refractivity contribution in [2.24, 2.45) is 7.05 Å². The predicted octanol–water partition coefficient (Wildman–Crippen LogP) is 2.51. The molecule has 0 aliphatic heterocycles. The Balaban J connectivity index is 2.62. The summed E-state index contributed by atoms with van der Waals surface area (Å²) in [6.07, 6.45) is 2.24. The van der Waals surface area contributed by atoms with Crippen molar-refractivity contribution in [1.29, 1.82) is 0 Å². The second-order valence-corrected chi connectivity index (χ2v) is 3.98. The van der Waals surface area contributed by atoms with E-state index in [4.69, 9.17) is 0 Å². The molecule has 0 unspecified atom stereocenters. The van der Waals surface area contributed by atoms with Crippen LogP contribution in [0.1, 0.15) is 12.1 Å². The van der Waals surface area contributed by atoms with Crippen LogP contribution in [0.5, 0.6) is 0 Å². The summed E-state index contributed by atoms with van der Waals surface area (Å²) in [5.74, 6) is 0. The predicted molar refractivity (Wildman–Crippen MR) is 53.0 cm³/mol. The van der Waals surface area contributed by atoms with Crippen LogP contribution < -0.4 is 0 Å². The first-order valence-electron chi connectivity index (χ1n) is 3.48. The third kappa shape index (κ3) is 2.60. The third-order valence-electron chi connectivity index (χ3n) is 1.51. The molecule has 11 heavy (non-hydrogen) atoms. The molecule has 1 aromatic heterocycles. The number of hydrogen-bond acceptors (Lipinski definition) is 1. The van der Waals surface area contributed by atoms with Crippen molar-refractivity contribution in [3.63, 3.8) is 0 Å². The summed E-state index contributed by atoms with van der Waals surface area (Å²) in [6, 6.07) is 2.06. The van der Waals surface area contributed by atoms with Gasteiger partial charge in [0.25, 0.3) is 0 Å². The van der Waals surface area contributed by atoms with Gasteiger partial charge in [0.2, 0.25) is 0 Å². The van der Waals surface area contributed by atoms with Crippen LogP contribution in [0.25, 0.3) is 0 Å². The van der Waals surface area contributed by atoms with Gasteiger partial charge in [-0.3, -0.25) is 4.68 Å². The Bertz CT molecular complexity index is 232. The number of aryl methyl sites for hydroxylation is 2. The molecule has 1 heterocycles. The molecule has 0 aliphatic rings. The molecule has 62 valence electrons. The van der Waals surface area contributed by atoms with E-state index < -0.39 is 0 Å². The molecular formula is C7H10Br2N2. The topological polar surface area (TPSA) is 17.8 Å². The van der Waals surface area contributed by atoms with Gasteiger partial charge in [0.15, 0.2) is 0 Å². The van der Waals surface area contributed by atoms with E-state index in [1.54, 1.807) is 0 Å². The zero-order valence-corrected chi connectivity index (χ0v) is 9.52. The highest BCUT2D eigenvalue weighted by atomic mass is 79.9. The first-order valence-corrected chi connectivity index (χ1v) is 5.40. The van der Waals surface area contributed by atoms with Crippen molar-refractivity contribution < 1.29 is 0 Å². The van der Waals surface area contributed by atoms with Crippen LogP contribution in [-0.2, 0) is 13.5 Å². The van der Waals surface area contributed by atoms with Gasteiger partial charge < -0.3 is 0 Å². The van der Waals surface area contributed by atoms with Gasteiger partial charge in [0, 0.05) is 18.1 Å². The average molecular weight is 282 g/mol. The summed E-state index contributed by atoms with van der Waals surface area (Å²) in [5, 5.41) is 5.23. The molecule has 0 spiro atoms. The molecule has 0 saturated carbocycles. The quantitative estimate of drug-likeness (QED) is 0.779. The van der Waals surface area contributed by atoms with E-state index in [-0.39, 0.29) is 0 Å². The van der Waals surface area contributed by atoms with Crippen molar-refractivity contribution in [2.45, 2.75) is 12.8 Å². The number of hydrogen-bond donors (Lipinski definition) is 0. The highest BCUT2D eigenvalue weighted by Gasteiger charge is 2.00. The molecule has 1 aromatic rings. The van der Waals surface area contributed by atoms with Gasteiger partial charge in [-0.05, 0) is 34.8 Å². The Morgan fingerprint density at radius 3 is 2.82 bits per heavy atom. The molecular weight excluding hydrogens is 272 g/mol. The van der Waals surface area contributed by atoms with Gasteiger partial charge in [0.1, 0.15) is 4.60 Å². The van der Waals surface area contributed by atoms with E-state index in [1.807, 2.05) is 11.7 Å². The summed E-state index contributed by atoms with van der Waals surface area (Å²) in [5.41, 5.74) is 1.27. The van der Waals surface area contributed by atoms with Crippen LogP contribution >= 0.6 is 31.9 Å². The minimum atomic E-state index is 0.921. The zero-order chi connectivity index (χ0) is 8.27. The van der Waals surface area contributed by atoms with E-state index in [9.17, 15) is 0 Å². The van der Waals surface area contributed by atoms with Crippen molar-refractivity contribution in [3.05, 3.63) is 16.4 Å². The Morgan fingerprint density at radius 1 is 1.64 bits per heavy atom. The Kier molecular flexibility index (Phi) is 3.59. The van der Waals surface area contributed by atoms with Crippen molar-refractivity contribution in [2.75, 3.05) is 5.33 Å². The fourth-order valence-electron chi connectivity index (χ4n) is 0.949. The van der Waals surface area contributed by atoms with Crippen LogP contribution in [0.4, 0.5) is 0 Å². The molecule has 0 amide bonds. The summed E-state index contributed by atoms with van der Waals surface area (Å²) in [6.45, 7) is 0. The molecule has 0 saturated heterocycles. The van der Waals surface area contributed by atoms with Crippen molar-refractivity contribution in [1.82, 2.24) is 9.78 Å². The summed E-state index contributed by atoms with van der Waals surface area (Å²) in [7, 11) is 1.97. The number of rotatable bonds is 3. The van der Waals surface area contributed by atoms with E-state index in [0.29, 0.717) is 0 Å². The smallest absolute Gasteiger partial charge is 0.128 e. The molecule has 4 heteroatoms. The maximum absolute atomic E-state index is 4.18. The minimum absolute atomic E-state index is 0.921. The lowest BCUT2D eigenvalue weighted by atomic mass is 10.2. The monoisotopic (exact) mass is 280 g/mol. The van der Waals surface area contributed by atoms with Crippen LogP contribution in [0.3, 0.4) is 0 Å². The first kappa shape index (κ1) is 9.26. The molecule has 0 fully saturated rings. The van der Waals surface area contributed by atoms with E-state index in [2.05, 4.69) is 43.0 Å². The Labute approximate surface area is 83.2 Å².